The van der Waals surface area contributed by atoms with Crippen molar-refractivity contribution >= 4 is 23.1 Å². The number of hydrogen-bond donors (Lipinski definition) is 0. The number of nitrogens with zero attached hydrogens (tertiary/aromatic N) is 3. The van der Waals surface area contributed by atoms with Crippen molar-refractivity contribution in [2.75, 3.05) is 0 Å². The summed E-state index contributed by atoms with van der Waals surface area (Å²) in [7, 11) is 0. The largest absolute Gasteiger partial charge is 0.274 e. The van der Waals surface area contributed by atoms with Gasteiger partial charge in [-0.1, -0.05) is 66.4 Å². The highest BCUT2D eigenvalue weighted by atomic mass is 32.2. The van der Waals surface area contributed by atoms with Crippen molar-refractivity contribution in [2.45, 2.75) is 17.3 Å². The molecule has 0 amide bonds. The summed E-state index contributed by atoms with van der Waals surface area (Å²) >= 11 is 3.47. The zero-order valence-electron chi connectivity index (χ0n) is 13.6. The molecule has 0 saturated carbocycles. The number of thiophene rings is 1. The van der Waals surface area contributed by atoms with Crippen LogP contribution in [0.3, 0.4) is 0 Å². The number of aromatic nitrogens is 3. The SMILES string of the molecule is c1ccc(CSc2nnc(Cc3cccs3)n2-c2ccccc2)cc1. The first-order chi connectivity index (χ1) is 12.4. The lowest BCUT2D eigenvalue weighted by atomic mass is 10.2. The molecule has 0 aliphatic rings. The monoisotopic (exact) mass is 363 g/mol. The predicted molar refractivity (Wildman–Crippen MR) is 104 cm³/mol. The summed E-state index contributed by atoms with van der Waals surface area (Å²) < 4.78 is 2.17. The predicted octanol–water partition coefficient (Wildman–Crippen LogP) is 5.21. The summed E-state index contributed by atoms with van der Waals surface area (Å²) in [6, 6.07) is 25.0. The van der Waals surface area contributed by atoms with Crippen LogP contribution in [-0.2, 0) is 12.2 Å². The van der Waals surface area contributed by atoms with Gasteiger partial charge in [0.25, 0.3) is 0 Å². The summed E-state index contributed by atoms with van der Waals surface area (Å²) in [5.74, 6) is 1.86. The van der Waals surface area contributed by atoms with E-state index >= 15 is 0 Å². The first kappa shape index (κ1) is 16.1. The van der Waals surface area contributed by atoms with Gasteiger partial charge in [0.15, 0.2) is 5.16 Å². The minimum atomic E-state index is 0.797. The van der Waals surface area contributed by atoms with E-state index in [9.17, 15) is 0 Å². The molecule has 0 unspecified atom stereocenters. The Morgan fingerprint density at radius 3 is 2.32 bits per heavy atom. The van der Waals surface area contributed by atoms with Crippen molar-refractivity contribution in [3.8, 4) is 5.69 Å². The molecule has 2 aromatic heterocycles. The van der Waals surface area contributed by atoms with Gasteiger partial charge in [-0.05, 0) is 29.1 Å². The van der Waals surface area contributed by atoms with Crippen molar-refractivity contribution in [1.82, 2.24) is 14.8 Å². The van der Waals surface area contributed by atoms with Crippen LogP contribution in [0.15, 0.2) is 83.3 Å². The van der Waals surface area contributed by atoms with E-state index < -0.39 is 0 Å². The number of para-hydroxylation sites is 1. The molecule has 0 atom stereocenters. The molecule has 0 bridgehead atoms. The van der Waals surface area contributed by atoms with Crippen LogP contribution >= 0.6 is 23.1 Å². The van der Waals surface area contributed by atoms with Crippen LogP contribution in [0.2, 0.25) is 0 Å². The average Bonchev–Trinajstić information content (AvgIpc) is 3.32. The molecule has 0 radical (unpaired) electrons. The quantitative estimate of drug-likeness (QED) is 0.441. The van der Waals surface area contributed by atoms with Crippen molar-refractivity contribution in [3.63, 3.8) is 0 Å². The zero-order valence-corrected chi connectivity index (χ0v) is 15.2. The molecular formula is C20H17N3S2. The second-order valence-electron chi connectivity index (χ2n) is 5.60. The summed E-state index contributed by atoms with van der Waals surface area (Å²) in [6.07, 6.45) is 0.797. The molecule has 0 spiro atoms. The number of hydrogen-bond acceptors (Lipinski definition) is 4. The molecule has 124 valence electrons. The Morgan fingerprint density at radius 2 is 1.60 bits per heavy atom. The Bertz CT molecular complexity index is 916. The molecule has 25 heavy (non-hydrogen) atoms. The fourth-order valence-electron chi connectivity index (χ4n) is 2.64. The van der Waals surface area contributed by atoms with Crippen molar-refractivity contribution in [2.24, 2.45) is 0 Å². The molecule has 4 rings (SSSR count). The van der Waals surface area contributed by atoms with Crippen molar-refractivity contribution in [1.29, 1.82) is 0 Å². The molecular weight excluding hydrogens is 346 g/mol. The van der Waals surface area contributed by atoms with Gasteiger partial charge < -0.3 is 0 Å². The highest BCUT2D eigenvalue weighted by Gasteiger charge is 2.15. The van der Waals surface area contributed by atoms with E-state index in [1.165, 1.54) is 10.4 Å². The Labute approximate surface area is 155 Å². The molecule has 0 aliphatic carbocycles. The van der Waals surface area contributed by atoms with Gasteiger partial charge >= 0.3 is 0 Å². The Kier molecular flexibility index (Phi) is 4.95. The molecule has 0 aliphatic heterocycles. The second kappa shape index (κ2) is 7.68. The highest BCUT2D eigenvalue weighted by molar-refractivity contribution is 7.98. The maximum absolute atomic E-state index is 4.48. The Hall–Kier alpha value is -2.37. The molecule has 2 aromatic carbocycles. The number of rotatable bonds is 6. The summed E-state index contributed by atoms with van der Waals surface area (Å²) in [5.41, 5.74) is 2.39. The third-order valence-corrected chi connectivity index (χ3v) is 5.71. The topological polar surface area (TPSA) is 30.7 Å². The third-order valence-electron chi connectivity index (χ3n) is 3.84. The molecule has 5 heteroatoms. The van der Waals surface area contributed by atoms with Crippen LogP contribution < -0.4 is 0 Å². The zero-order chi connectivity index (χ0) is 16.9. The second-order valence-corrected chi connectivity index (χ2v) is 7.57. The molecule has 2 heterocycles. The van der Waals surface area contributed by atoms with Crippen LogP contribution in [0.4, 0.5) is 0 Å². The van der Waals surface area contributed by atoms with E-state index in [0.29, 0.717) is 0 Å². The number of benzene rings is 2. The minimum absolute atomic E-state index is 0.797. The van der Waals surface area contributed by atoms with Gasteiger partial charge in [0.05, 0.1) is 0 Å². The maximum atomic E-state index is 4.48. The summed E-state index contributed by atoms with van der Waals surface area (Å²) in [6.45, 7) is 0. The number of thioether (sulfide) groups is 1. The lowest BCUT2D eigenvalue weighted by Gasteiger charge is -2.10. The third kappa shape index (κ3) is 3.83. The van der Waals surface area contributed by atoms with E-state index in [1.807, 2.05) is 12.1 Å². The lowest BCUT2D eigenvalue weighted by molar-refractivity contribution is 0.851. The van der Waals surface area contributed by atoms with Crippen molar-refractivity contribution in [3.05, 3.63) is 94.4 Å². The average molecular weight is 364 g/mol. The standard InChI is InChI=1S/C20H17N3S2/c1-3-8-16(9-4-1)15-25-20-22-21-19(14-18-12-7-13-24-18)23(20)17-10-5-2-6-11-17/h1-13H,14-15H2. The highest BCUT2D eigenvalue weighted by Crippen LogP contribution is 2.26. The molecule has 0 N–H and O–H groups in total. The summed E-state index contributed by atoms with van der Waals surface area (Å²) in [5, 5.41) is 12.0. The van der Waals surface area contributed by atoms with Crippen molar-refractivity contribution < 1.29 is 0 Å². The van der Waals surface area contributed by atoms with E-state index in [4.69, 9.17) is 0 Å². The Balaban J connectivity index is 1.65. The molecule has 4 aromatic rings. The normalized spacial score (nSPS) is 10.9. The van der Waals surface area contributed by atoms with Crippen LogP contribution in [0.1, 0.15) is 16.3 Å². The van der Waals surface area contributed by atoms with Gasteiger partial charge in [0, 0.05) is 22.7 Å². The Morgan fingerprint density at radius 1 is 0.840 bits per heavy atom. The van der Waals surface area contributed by atoms with E-state index in [-0.39, 0.29) is 0 Å². The first-order valence-electron chi connectivity index (χ1n) is 8.09. The minimum Gasteiger partial charge on any atom is -0.274 e. The van der Waals surface area contributed by atoms with Crippen LogP contribution in [0, 0.1) is 0 Å². The van der Waals surface area contributed by atoms with Gasteiger partial charge in [-0.3, -0.25) is 4.57 Å². The first-order valence-corrected chi connectivity index (χ1v) is 9.95. The van der Waals surface area contributed by atoms with Gasteiger partial charge in [-0.25, -0.2) is 0 Å². The van der Waals surface area contributed by atoms with E-state index in [2.05, 4.69) is 80.8 Å². The smallest absolute Gasteiger partial charge is 0.196 e. The van der Waals surface area contributed by atoms with Gasteiger partial charge in [-0.2, -0.15) is 0 Å². The maximum Gasteiger partial charge on any atom is 0.196 e. The van der Waals surface area contributed by atoms with Gasteiger partial charge in [0.2, 0.25) is 0 Å². The summed E-state index contributed by atoms with van der Waals surface area (Å²) in [4.78, 5) is 1.30. The van der Waals surface area contributed by atoms with E-state index in [1.54, 1.807) is 23.1 Å². The molecule has 0 saturated heterocycles. The molecule has 3 nitrogen and oxygen atoms in total. The van der Waals surface area contributed by atoms with Gasteiger partial charge in [-0.15, -0.1) is 21.5 Å². The van der Waals surface area contributed by atoms with Crippen LogP contribution in [0.5, 0.6) is 0 Å². The lowest BCUT2D eigenvalue weighted by Crippen LogP contribution is -2.03. The van der Waals surface area contributed by atoms with Crippen LogP contribution in [-0.4, -0.2) is 14.8 Å². The fraction of sp³-hybridized carbons (Fsp3) is 0.100. The molecule has 0 fully saturated rings. The fourth-order valence-corrected chi connectivity index (χ4v) is 4.26. The van der Waals surface area contributed by atoms with Gasteiger partial charge in [0.1, 0.15) is 5.82 Å². The van der Waals surface area contributed by atoms with Crippen LogP contribution in [0.25, 0.3) is 5.69 Å². The van der Waals surface area contributed by atoms with E-state index in [0.717, 1.165) is 28.8 Å².